The Balaban J connectivity index is 1.82. The van der Waals surface area contributed by atoms with E-state index in [4.69, 9.17) is 4.74 Å². The van der Waals surface area contributed by atoms with Crippen molar-refractivity contribution in [1.82, 2.24) is 4.90 Å². The van der Waals surface area contributed by atoms with Crippen molar-refractivity contribution in [2.45, 2.75) is 50.4 Å². The zero-order valence-electron chi connectivity index (χ0n) is 14.1. The van der Waals surface area contributed by atoms with E-state index in [0.717, 1.165) is 31.4 Å². The molecule has 0 unspecified atom stereocenters. The van der Waals surface area contributed by atoms with Crippen LogP contribution in [0.25, 0.3) is 0 Å². The topological polar surface area (TPSA) is 70.0 Å². The van der Waals surface area contributed by atoms with E-state index in [1.165, 1.54) is 12.5 Å². The van der Waals surface area contributed by atoms with Crippen LogP contribution in [0.3, 0.4) is 0 Å². The number of hydrogen-bond acceptors (Lipinski definition) is 5. The predicted octanol–water partition coefficient (Wildman–Crippen LogP) is 1.85. The molecule has 0 amide bonds. The van der Waals surface area contributed by atoms with Crippen molar-refractivity contribution < 1.29 is 19.7 Å². The SMILES string of the molecule is CC(=O)[C@]1(O)C=C[C@H]2[C@H]3CC4=C5C(=C(O)CC4)O[C@@H]1[C@]52CCN3C. The summed E-state index contributed by atoms with van der Waals surface area (Å²) in [6.45, 7) is 2.33. The average molecular weight is 329 g/mol. The van der Waals surface area contributed by atoms with Gasteiger partial charge >= 0.3 is 0 Å². The number of ether oxygens (including phenoxy) is 1. The van der Waals surface area contributed by atoms with Crippen molar-refractivity contribution in [1.29, 1.82) is 0 Å². The molecular weight excluding hydrogens is 306 g/mol. The third-order valence-electron chi connectivity index (χ3n) is 7.11. The number of nitrogens with zero attached hydrogens (tertiary/aromatic N) is 1. The fraction of sp³-hybridized carbons (Fsp3) is 0.632. The summed E-state index contributed by atoms with van der Waals surface area (Å²) in [5.74, 6) is 0.749. The summed E-state index contributed by atoms with van der Waals surface area (Å²) >= 11 is 0. The zero-order valence-corrected chi connectivity index (χ0v) is 14.1. The lowest BCUT2D eigenvalue weighted by Gasteiger charge is -2.58. The summed E-state index contributed by atoms with van der Waals surface area (Å²) in [5, 5.41) is 21.6. The van der Waals surface area contributed by atoms with Crippen molar-refractivity contribution in [3.05, 3.63) is 34.8 Å². The third-order valence-corrected chi connectivity index (χ3v) is 7.11. The van der Waals surface area contributed by atoms with Crippen LogP contribution in [-0.2, 0) is 9.53 Å². The summed E-state index contributed by atoms with van der Waals surface area (Å²) in [4.78, 5) is 14.7. The fourth-order valence-corrected chi connectivity index (χ4v) is 5.90. The highest BCUT2D eigenvalue weighted by molar-refractivity contribution is 5.89. The second-order valence-corrected chi connectivity index (χ2v) is 8.06. The number of aliphatic hydroxyl groups excluding tert-OH is 1. The van der Waals surface area contributed by atoms with Crippen molar-refractivity contribution in [2.24, 2.45) is 11.3 Å². The molecule has 5 aliphatic rings. The van der Waals surface area contributed by atoms with Gasteiger partial charge in [-0.25, -0.2) is 0 Å². The van der Waals surface area contributed by atoms with Crippen LogP contribution in [0.4, 0.5) is 0 Å². The van der Waals surface area contributed by atoms with Gasteiger partial charge in [0.25, 0.3) is 0 Å². The van der Waals surface area contributed by atoms with Crippen molar-refractivity contribution in [3.63, 3.8) is 0 Å². The lowest BCUT2D eigenvalue weighted by molar-refractivity contribution is -0.158. The average Bonchev–Trinajstić information content (AvgIpc) is 2.91. The van der Waals surface area contributed by atoms with Gasteiger partial charge in [-0.1, -0.05) is 11.6 Å². The monoisotopic (exact) mass is 329 g/mol. The molecule has 2 fully saturated rings. The number of rotatable bonds is 1. The number of allylic oxidation sites excluding steroid dienone is 2. The van der Waals surface area contributed by atoms with E-state index in [1.807, 2.05) is 6.08 Å². The van der Waals surface area contributed by atoms with Gasteiger partial charge in [0.2, 0.25) is 0 Å². The van der Waals surface area contributed by atoms with Gasteiger partial charge in [0.1, 0.15) is 11.9 Å². The van der Waals surface area contributed by atoms with Gasteiger partial charge in [0.15, 0.2) is 17.1 Å². The maximum absolute atomic E-state index is 12.3. The van der Waals surface area contributed by atoms with E-state index < -0.39 is 11.7 Å². The molecule has 0 aromatic rings. The Morgan fingerprint density at radius 2 is 2.21 bits per heavy atom. The molecule has 2 heterocycles. The van der Waals surface area contributed by atoms with Crippen LogP contribution >= 0.6 is 0 Å². The summed E-state index contributed by atoms with van der Waals surface area (Å²) in [7, 11) is 2.16. The number of carbonyl (C=O) groups is 1. The smallest absolute Gasteiger partial charge is 0.178 e. The maximum atomic E-state index is 12.3. The van der Waals surface area contributed by atoms with E-state index in [9.17, 15) is 15.0 Å². The van der Waals surface area contributed by atoms with Gasteiger partial charge in [-0.05, 0) is 45.9 Å². The predicted molar refractivity (Wildman–Crippen MR) is 87.1 cm³/mol. The Labute approximate surface area is 141 Å². The highest BCUT2D eigenvalue weighted by Gasteiger charge is 2.70. The van der Waals surface area contributed by atoms with Crippen LogP contribution in [0.1, 0.15) is 32.6 Å². The lowest BCUT2D eigenvalue weighted by atomic mass is 9.50. The lowest BCUT2D eigenvalue weighted by Crippen LogP contribution is -2.66. The van der Waals surface area contributed by atoms with Gasteiger partial charge in [0, 0.05) is 29.4 Å². The number of carbonyl (C=O) groups excluding carboxylic acids is 1. The molecule has 3 aliphatic carbocycles. The van der Waals surface area contributed by atoms with Gasteiger partial charge in [0.05, 0.1) is 0 Å². The van der Waals surface area contributed by atoms with E-state index in [-0.39, 0.29) is 22.9 Å². The summed E-state index contributed by atoms with van der Waals surface area (Å²) in [6, 6.07) is 0.371. The van der Waals surface area contributed by atoms with E-state index in [0.29, 0.717) is 18.2 Å². The highest BCUT2D eigenvalue weighted by atomic mass is 16.5. The number of piperidine rings is 1. The van der Waals surface area contributed by atoms with Gasteiger partial charge in [-0.2, -0.15) is 0 Å². The summed E-state index contributed by atoms with van der Waals surface area (Å²) in [6.07, 6.45) is 6.31. The van der Waals surface area contributed by atoms with Gasteiger partial charge < -0.3 is 19.8 Å². The van der Waals surface area contributed by atoms with E-state index in [2.05, 4.69) is 11.9 Å². The van der Waals surface area contributed by atoms with Crippen LogP contribution in [0.5, 0.6) is 0 Å². The summed E-state index contributed by atoms with van der Waals surface area (Å²) < 4.78 is 6.18. The first-order valence-corrected chi connectivity index (χ1v) is 8.84. The minimum absolute atomic E-state index is 0.211. The molecule has 2 aliphatic heterocycles. The first-order valence-electron chi connectivity index (χ1n) is 8.84. The Morgan fingerprint density at radius 3 is 2.96 bits per heavy atom. The molecular formula is C19H23NO4. The fourth-order valence-electron chi connectivity index (χ4n) is 5.90. The molecule has 24 heavy (non-hydrogen) atoms. The Kier molecular flexibility index (Phi) is 2.65. The van der Waals surface area contributed by atoms with Crippen molar-refractivity contribution in [2.75, 3.05) is 13.6 Å². The number of aliphatic hydroxyl groups is 2. The molecule has 5 rings (SSSR count). The van der Waals surface area contributed by atoms with Crippen LogP contribution < -0.4 is 0 Å². The molecule has 0 saturated carbocycles. The van der Waals surface area contributed by atoms with Gasteiger partial charge in [-0.3, -0.25) is 4.79 Å². The molecule has 5 heteroatoms. The summed E-state index contributed by atoms with van der Waals surface area (Å²) in [5.41, 5.74) is 0.453. The maximum Gasteiger partial charge on any atom is 0.178 e. The molecule has 1 spiro atoms. The first kappa shape index (κ1) is 14.7. The third kappa shape index (κ3) is 1.43. The zero-order chi connectivity index (χ0) is 16.9. The number of hydrogen-bond donors (Lipinski definition) is 2. The molecule has 0 radical (unpaired) electrons. The normalized spacial score (nSPS) is 46.0. The largest absolute Gasteiger partial charge is 0.508 e. The standard InChI is InChI=1S/C19H23NO4/c1-10(21)19(23)6-5-12-13-9-11-3-4-14(22)16-15(11)18(12,17(19)24-16)7-8-20(13)2/h5-6,12-13,17,22-23H,3-4,7-9H2,1-2H3/t12-,13+,17+,18-,19+/m0/s1. The molecule has 0 aromatic carbocycles. The Bertz CT molecular complexity index is 750. The van der Waals surface area contributed by atoms with E-state index in [1.54, 1.807) is 6.08 Å². The second-order valence-electron chi connectivity index (χ2n) is 8.06. The van der Waals surface area contributed by atoms with Crippen LogP contribution in [0, 0.1) is 11.3 Å². The second kappa shape index (κ2) is 4.33. The minimum Gasteiger partial charge on any atom is -0.508 e. The molecule has 0 aromatic heterocycles. The highest BCUT2D eigenvalue weighted by Crippen LogP contribution is 2.66. The van der Waals surface area contributed by atoms with Crippen molar-refractivity contribution >= 4 is 5.78 Å². The molecule has 5 atom stereocenters. The molecule has 128 valence electrons. The Hall–Kier alpha value is -1.59. The minimum atomic E-state index is -1.61. The first-order chi connectivity index (χ1) is 11.4. The van der Waals surface area contributed by atoms with Gasteiger partial charge in [-0.15, -0.1) is 0 Å². The molecule has 2 saturated heterocycles. The molecule has 5 nitrogen and oxygen atoms in total. The quantitative estimate of drug-likeness (QED) is 0.719. The van der Waals surface area contributed by atoms with Crippen LogP contribution in [-0.4, -0.2) is 52.2 Å². The number of Topliss-reactive ketones (excluding diaryl/α,β-unsaturated/α-hetero) is 1. The van der Waals surface area contributed by atoms with Crippen LogP contribution in [0.15, 0.2) is 34.8 Å². The van der Waals surface area contributed by atoms with Crippen molar-refractivity contribution in [3.8, 4) is 0 Å². The molecule has 2 N–H and O–H groups in total. The number of ketones is 1. The van der Waals surface area contributed by atoms with E-state index >= 15 is 0 Å². The Morgan fingerprint density at radius 1 is 1.42 bits per heavy atom. The van der Waals surface area contributed by atoms with Crippen LogP contribution in [0.2, 0.25) is 0 Å². The molecule has 2 bridgehead atoms. The number of likely N-dealkylation sites (tertiary alicyclic amines) is 1.